The van der Waals surface area contributed by atoms with E-state index in [-0.39, 0.29) is 29.1 Å². The molecule has 2 N–H and O–H groups in total. The minimum Gasteiger partial charge on any atom is -0.346 e. The molecular weight excluding hydrogens is 392 g/mol. The molecule has 8 nitrogen and oxygen atoms in total. The standard InChI is InChI=1S/C20H19ClN6O2/c1-11(23-20(29)18-8-17(13(3)28)24-25-18)10-27-7-6-16(26-27)15-5-4-14(9-22)19(21)12(15)2/h4-8,11H,10H2,1-3H3,(H,23,29)(H,24,25). The van der Waals surface area contributed by atoms with Crippen LogP contribution in [0.5, 0.6) is 0 Å². The Bertz CT molecular complexity index is 1120. The Kier molecular flexibility index (Phi) is 5.80. The van der Waals surface area contributed by atoms with Crippen molar-refractivity contribution in [1.82, 2.24) is 25.3 Å². The van der Waals surface area contributed by atoms with Crippen molar-refractivity contribution in [2.24, 2.45) is 0 Å². The zero-order chi connectivity index (χ0) is 21.1. The quantitative estimate of drug-likeness (QED) is 0.605. The second-order valence-electron chi connectivity index (χ2n) is 6.73. The van der Waals surface area contributed by atoms with Crippen LogP contribution < -0.4 is 5.32 Å². The molecule has 1 amide bonds. The number of nitrogens with one attached hydrogen (secondary N) is 2. The summed E-state index contributed by atoms with van der Waals surface area (Å²) in [6, 6.07) is 8.62. The van der Waals surface area contributed by atoms with Crippen LogP contribution in [0.4, 0.5) is 0 Å². The second-order valence-corrected chi connectivity index (χ2v) is 7.11. The number of H-pyrrole nitrogens is 1. The lowest BCUT2D eigenvalue weighted by Gasteiger charge is -2.13. The predicted molar refractivity (Wildman–Crippen MR) is 108 cm³/mol. The monoisotopic (exact) mass is 410 g/mol. The van der Waals surface area contributed by atoms with Gasteiger partial charge in [0.25, 0.3) is 5.91 Å². The molecular formula is C20H19ClN6O2. The van der Waals surface area contributed by atoms with Crippen molar-refractivity contribution in [1.29, 1.82) is 5.26 Å². The number of benzene rings is 1. The molecule has 1 aromatic carbocycles. The average molecular weight is 411 g/mol. The molecule has 3 aromatic rings. The Balaban J connectivity index is 1.68. The number of hydrogen-bond acceptors (Lipinski definition) is 5. The molecule has 29 heavy (non-hydrogen) atoms. The van der Waals surface area contributed by atoms with Crippen LogP contribution in [-0.2, 0) is 6.54 Å². The van der Waals surface area contributed by atoms with Gasteiger partial charge in [0, 0.05) is 24.7 Å². The summed E-state index contributed by atoms with van der Waals surface area (Å²) in [6.07, 6.45) is 1.81. The van der Waals surface area contributed by atoms with E-state index in [9.17, 15) is 9.59 Å². The largest absolute Gasteiger partial charge is 0.346 e. The molecule has 0 saturated heterocycles. The summed E-state index contributed by atoms with van der Waals surface area (Å²) in [5.41, 5.74) is 3.24. The first-order valence-corrected chi connectivity index (χ1v) is 9.28. The Morgan fingerprint density at radius 1 is 1.38 bits per heavy atom. The third kappa shape index (κ3) is 4.36. The van der Waals surface area contributed by atoms with Crippen LogP contribution in [0.15, 0.2) is 30.5 Å². The van der Waals surface area contributed by atoms with E-state index in [0.717, 1.165) is 16.8 Å². The zero-order valence-corrected chi connectivity index (χ0v) is 16.9. The maximum absolute atomic E-state index is 12.3. The molecule has 0 saturated carbocycles. The summed E-state index contributed by atoms with van der Waals surface area (Å²) >= 11 is 6.24. The summed E-state index contributed by atoms with van der Waals surface area (Å²) in [5.74, 6) is -0.560. The van der Waals surface area contributed by atoms with Gasteiger partial charge in [0.2, 0.25) is 0 Å². The van der Waals surface area contributed by atoms with E-state index >= 15 is 0 Å². The molecule has 0 aliphatic carbocycles. The van der Waals surface area contributed by atoms with Crippen LogP contribution >= 0.6 is 11.6 Å². The van der Waals surface area contributed by atoms with Gasteiger partial charge in [-0.3, -0.25) is 19.4 Å². The van der Waals surface area contributed by atoms with Crippen molar-refractivity contribution in [2.45, 2.75) is 33.4 Å². The number of amides is 1. The molecule has 148 valence electrons. The molecule has 0 aliphatic rings. The molecule has 0 spiro atoms. The smallest absolute Gasteiger partial charge is 0.269 e. The Labute approximate surface area is 172 Å². The summed E-state index contributed by atoms with van der Waals surface area (Å²) in [6.45, 7) is 5.53. The maximum Gasteiger partial charge on any atom is 0.269 e. The highest BCUT2D eigenvalue weighted by atomic mass is 35.5. The number of hydrogen-bond donors (Lipinski definition) is 2. The van der Waals surface area contributed by atoms with E-state index in [1.807, 2.05) is 32.2 Å². The fraction of sp³-hybridized carbons (Fsp3) is 0.250. The van der Waals surface area contributed by atoms with Crippen molar-refractivity contribution in [2.75, 3.05) is 0 Å². The highest BCUT2D eigenvalue weighted by Crippen LogP contribution is 2.29. The molecule has 0 radical (unpaired) electrons. The van der Waals surface area contributed by atoms with Crippen LogP contribution in [0.1, 0.15) is 46.0 Å². The van der Waals surface area contributed by atoms with Crippen molar-refractivity contribution < 1.29 is 9.59 Å². The van der Waals surface area contributed by atoms with Crippen LogP contribution in [-0.4, -0.2) is 37.7 Å². The maximum atomic E-state index is 12.3. The first-order chi connectivity index (χ1) is 13.8. The van der Waals surface area contributed by atoms with Crippen LogP contribution in [0.3, 0.4) is 0 Å². The van der Waals surface area contributed by atoms with Gasteiger partial charge in [-0.1, -0.05) is 17.7 Å². The number of rotatable bonds is 6. The van der Waals surface area contributed by atoms with Crippen LogP contribution in [0.2, 0.25) is 5.02 Å². The number of aromatic amines is 1. The van der Waals surface area contributed by atoms with Gasteiger partial charge in [-0.15, -0.1) is 0 Å². The Morgan fingerprint density at radius 2 is 2.14 bits per heavy atom. The lowest BCUT2D eigenvalue weighted by molar-refractivity contribution is 0.0930. The number of carbonyl (C=O) groups excluding carboxylic acids is 2. The van der Waals surface area contributed by atoms with E-state index in [2.05, 4.69) is 26.7 Å². The topological polar surface area (TPSA) is 116 Å². The third-order valence-electron chi connectivity index (χ3n) is 4.45. The first-order valence-electron chi connectivity index (χ1n) is 8.90. The molecule has 2 aromatic heterocycles. The van der Waals surface area contributed by atoms with E-state index < -0.39 is 0 Å². The number of halogens is 1. The van der Waals surface area contributed by atoms with E-state index in [0.29, 0.717) is 17.1 Å². The minimum absolute atomic E-state index is 0.212. The zero-order valence-electron chi connectivity index (χ0n) is 16.2. The van der Waals surface area contributed by atoms with E-state index in [1.54, 1.807) is 10.7 Å². The molecule has 0 aliphatic heterocycles. The Morgan fingerprint density at radius 3 is 2.79 bits per heavy atom. The van der Waals surface area contributed by atoms with Gasteiger partial charge < -0.3 is 5.32 Å². The second kappa shape index (κ2) is 8.29. The molecule has 2 heterocycles. The number of nitrogens with zero attached hydrogens (tertiary/aromatic N) is 4. The normalized spacial score (nSPS) is 11.7. The summed E-state index contributed by atoms with van der Waals surface area (Å²) in [7, 11) is 0. The van der Waals surface area contributed by atoms with Gasteiger partial charge in [-0.05, 0) is 37.6 Å². The molecule has 0 bridgehead atoms. The van der Waals surface area contributed by atoms with Crippen molar-refractivity contribution >= 4 is 23.3 Å². The average Bonchev–Trinajstić information content (AvgIpc) is 3.33. The molecule has 0 fully saturated rings. The summed E-state index contributed by atoms with van der Waals surface area (Å²) in [5, 5.41) is 23.3. The fourth-order valence-electron chi connectivity index (χ4n) is 2.90. The number of ketones is 1. The number of carbonyl (C=O) groups is 2. The highest BCUT2D eigenvalue weighted by molar-refractivity contribution is 6.32. The first kappa shape index (κ1) is 20.3. The predicted octanol–water partition coefficient (Wildman–Crippen LogP) is 3.13. The number of Topliss-reactive ketones (excluding diaryl/α,β-unsaturated/α-hetero) is 1. The summed E-state index contributed by atoms with van der Waals surface area (Å²) < 4.78 is 1.72. The fourth-order valence-corrected chi connectivity index (χ4v) is 3.11. The van der Waals surface area contributed by atoms with E-state index in [1.165, 1.54) is 13.0 Å². The summed E-state index contributed by atoms with van der Waals surface area (Å²) in [4.78, 5) is 23.6. The van der Waals surface area contributed by atoms with Crippen molar-refractivity contribution in [3.05, 3.63) is 58.0 Å². The number of aromatic nitrogens is 4. The SMILES string of the molecule is CC(=O)c1cc(C(=O)NC(C)Cn2ccc(-c3ccc(C#N)c(Cl)c3C)n2)[nH]n1. The van der Waals surface area contributed by atoms with Gasteiger partial charge in [0.15, 0.2) is 5.78 Å². The third-order valence-corrected chi connectivity index (χ3v) is 4.93. The Hall–Kier alpha value is -3.44. The molecule has 1 unspecified atom stereocenters. The van der Waals surface area contributed by atoms with Gasteiger partial charge in [-0.25, -0.2) is 0 Å². The van der Waals surface area contributed by atoms with Gasteiger partial charge >= 0.3 is 0 Å². The van der Waals surface area contributed by atoms with Gasteiger partial charge in [0.05, 0.1) is 22.8 Å². The lowest BCUT2D eigenvalue weighted by atomic mass is 10.0. The lowest BCUT2D eigenvalue weighted by Crippen LogP contribution is -2.36. The van der Waals surface area contributed by atoms with E-state index in [4.69, 9.17) is 16.9 Å². The van der Waals surface area contributed by atoms with Crippen molar-refractivity contribution in [3.63, 3.8) is 0 Å². The molecule has 9 heteroatoms. The van der Waals surface area contributed by atoms with Gasteiger partial charge in [0.1, 0.15) is 17.5 Å². The number of nitriles is 1. The van der Waals surface area contributed by atoms with Gasteiger partial charge in [-0.2, -0.15) is 15.5 Å². The molecule has 3 rings (SSSR count). The van der Waals surface area contributed by atoms with Crippen LogP contribution in [0.25, 0.3) is 11.3 Å². The highest BCUT2D eigenvalue weighted by Gasteiger charge is 2.16. The molecule has 1 atom stereocenters. The van der Waals surface area contributed by atoms with Crippen molar-refractivity contribution in [3.8, 4) is 17.3 Å². The minimum atomic E-state index is -0.348. The van der Waals surface area contributed by atoms with Crippen LogP contribution in [0, 0.1) is 18.3 Å².